The van der Waals surface area contributed by atoms with E-state index in [1.54, 1.807) is 74.9 Å². The van der Waals surface area contributed by atoms with E-state index in [0.29, 0.717) is 28.4 Å². The largest absolute Gasteiger partial charge is 0.497 e. The molecule has 0 fully saturated rings. The average molecular weight is 402 g/mol. The fraction of sp³-hybridized carbons (Fsp3) is 0.120. The molecule has 0 saturated heterocycles. The maximum Gasteiger partial charge on any atom is 0.343 e. The molecule has 0 bridgehead atoms. The molecule has 0 aromatic heterocycles. The molecule has 3 aromatic carbocycles. The van der Waals surface area contributed by atoms with Gasteiger partial charge in [0.05, 0.1) is 19.8 Å². The summed E-state index contributed by atoms with van der Waals surface area (Å²) >= 11 is 0. The molecule has 0 N–H and O–H groups in total. The highest BCUT2D eigenvalue weighted by molar-refractivity contribution is 6.07. The van der Waals surface area contributed by atoms with E-state index in [2.05, 4.69) is 0 Å². The third-order valence-corrected chi connectivity index (χ3v) is 4.57. The number of methoxy groups -OCH3 is 2. The number of ketones is 1. The second-order valence-corrected chi connectivity index (χ2v) is 6.53. The van der Waals surface area contributed by atoms with Crippen molar-refractivity contribution >= 4 is 17.8 Å². The summed E-state index contributed by atoms with van der Waals surface area (Å²) in [6.45, 7) is 1.85. The van der Waals surface area contributed by atoms with Gasteiger partial charge in [-0.2, -0.15) is 0 Å². The van der Waals surface area contributed by atoms with Crippen LogP contribution in [0.1, 0.15) is 31.8 Å². The maximum absolute atomic E-state index is 12.5. The fourth-order valence-corrected chi connectivity index (χ4v) is 2.88. The molecular weight excluding hydrogens is 380 g/mol. The number of esters is 1. The summed E-state index contributed by atoms with van der Waals surface area (Å²) in [6, 6.07) is 19.0. The first-order valence-corrected chi connectivity index (χ1v) is 9.34. The van der Waals surface area contributed by atoms with Gasteiger partial charge in [0, 0.05) is 11.1 Å². The highest BCUT2D eigenvalue weighted by Gasteiger charge is 2.11. The minimum atomic E-state index is -0.433. The van der Waals surface area contributed by atoms with Gasteiger partial charge in [-0.3, -0.25) is 4.79 Å². The highest BCUT2D eigenvalue weighted by atomic mass is 16.5. The third kappa shape index (κ3) is 4.94. The summed E-state index contributed by atoms with van der Waals surface area (Å²) in [5.74, 6) is 1.06. The first-order chi connectivity index (χ1) is 14.5. The van der Waals surface area contributed by atoms with Crippen LogP contribution >= 0.6 is 0 Å². The summed E-state index contributed by atoms with van der Waals surface area (Å²) < 4.78 is 15.9. The van der Waals surface area contributed by atoms with Crippen molar-refractivity contribution in [1.82, 2.24) is 0 Å². The zero-order chi connectivity index (χ0) is 21.5. The Labute approximate surface area is 175 Å². The van der Waals surface area contributed by atoms with Crippen molar-refractivity contribution in [3.63, 3.8) is 0 Å². The second-order valence-electron chi connectivity index (χ2n) is 6.53. The van der Waals surface area contributed by atoms with Crippen LogP contribution in [-0.2, 0) is 0 Å². The second kappa shape index (κ2) is 9.56. The number of hydrogen-bond donors (Lipinski definition) is 0. The van der Waals surface area contributed by atoms with Gasteiger partial charge in [-0.15, -0.1) is 0 Å². The zero-order valence-electron chi connectivity index (χ0n) is 17.0. The van der Waals surface area contributed by atoms with Crippen LogP contribution in [-0.4, -0.2) is 26.0 Å². The van der Waals surface area contributed by atoms with Crippen LogP contribution in [0.15, 0.2) is 72.8 Å². The number of rotatable bonds is 7. The predicted molar refractivity (Wildman–Crippen MR) is 115 cm³/mol. The number of allylic oxidation sites excluding steroid dienone is 1. The van der Waals surface area contributed by atoms with E-state index in [-0.39, 0.29) is 5.78 Å². The topological polar surface area (TPSA) is 61.8 Å². The van der Waals surface area contributed by atoms with Crippen LogP contribution in [0.2, 0.25) is 0 Å². The van der Waals surface area contributed by atoms with Gasteiger partial charge in [0.25, 0.3) is 0 Å². The minimum Gasteiger partial charge on any atom is -0.497 e. The molecule has 5 nitrogen and oxygen atoms in total. The standard InChI is InChI=1S/C25H22O5/c1-17-6-4-5-7-22(17)25(27)30-20-11-8-18(9-12-20)23(26)14-10-19-16-21(28-2)13-15-24(19)29-3/h4-16H,1-3H3. The number of carbonyl (C=O) groups excluding carboxylic acids is 2. The number of benzene rings is 3. The Morgan fingerprint density at radius 3 is 2.20 bits per heavy atom. The van der Waals surface area contributed by atoms with Gasteiger partial charge in [0.1, 0.15) is 17.2 Å². The molecule has 0 amide bonds. The predicted octanol–water partition coefficient (Wildman–Crippen LogP) is 5.13. The molecule has 0 radical (unpaired) electrons. The minimum absolute atomic E-state index is 0.184. The SMILES string of the molecule is COc1ccc(OC)c(C=CC(=O)c2ccc(OC(=O)c3ccccc3C)cc2)c1. The van der Waals surface area contributed by atoms with E-state index in [0.717, 1.165) is 11.1 Å². The molecule has 0 saturated carbocycles. The molecular formula is C25H22O5. The highest BCUT2D eigenvalue weighted by Crippen LogP contribution is 2.25. The summed E-state index contributed by atoms with van der Waals surface area (Å²) in [4.78, 5) is 24.8. The molecule has 0 aliphatic rings. The number of ether oxygens (including phenoxy) is 3. The summed E-state index contributed by atoms with van der Waals surface area (Å²) in [5, 5.41) is 0. The quantitative estimate of drug-likeness (QED) is 0.237. The van der Waals surface area contributed by atoms with Crippen molar-refractivity contribution in [3.8, 4) is 17.2 Å². The van der Waals surface area contributed by atoms with Gasteiger partial charge in [0.15, 0.2) is 5.78 Å². The average Bonchev–Trinajstić information content (AvgIpc) is 2.78. The lowest BCUT2D eigenvalue weighted by Crippen LogP contribution is -2.10. The van der Waals surface area contributed by atoms with Crippen LogP contribution in [0.25, 0.3) is 6.08 Å². The molecule has 0 atom stereocenters. The molecule has 0 unspecified atom stereocenters. The first-order valence-electron chi connectivity index (χ1n) is 9.34. The maximum atomic E-state index is 12.5. The molecule has 0 aliphatic carbocycles. The van der Waals surface area contributed by atoms with Crippen molar-refractivity contribution in [2.75, 3.05) is 14.2 Å². The van der Waals surface area contributed by atoms with Crippen LogP contribution < -0.4 is 14.2 Å². The molecule has 5 heteroatoms. The fourth-order valence-electron chi connectivity index (χ4n) is 2.88. The van der Waals surface area contributed by atoms with E-state index >= 15 is 0 Å². The van der Waals surface area contributed by atoms with Crippen molar-refractivity contribution in [2.24, 2.45) is 0 Å². The van der Waals surface area contributed by atoms with E-state index < -0.39 is 5.97 Å². The van der Waals surface area contributed by atoms with Crippen molar-refractivity contribution < 1.29 is 23.8 Å². The van der Waals surface area contributed by atoms with Crippen molar-refractivity contribution in [2.45, 2.75) is 6.92 Å². The van der Waals surface area contributed by atoms with Crippen molar-refractivity contribution in [3.05, 3.63) is 95.1 Å². The van der Waals surface area contributed by atoms with Gasteiger partial charge in [-0.25, -0.2) is 4.79 Å². The van der Waals surface area contributed by atoms with Gasteiger partial charge in [-0.05, 0) is 73.2 Å². The van der Waals surface area contributed by atoms with Crippen molar-refractivity contribution in [1.29, 1.82) is 0 Å². The molecule has 3 rings (SSSR count). The monoisotopic (exact) mass is 402 g/mol. The number of carbonyl (C=O) groups is 2. The Balaban J connectivity index is 1.70. The number of hydrogen-bond acceptors (Lipinski definition) is 5. The Bertz CT molecular complexity index is 1080. The summed E-state index contributed by atoms with van der Waals surface area (Å²) in [6.07, 6.45) is 3.14. The first kappa shape index (κ1) is 20.9. The van der Waals surface area contributed by atoms with Gasteiger partial charge >= 0.3 is 5.97 Å². The van der Waals surface area contributed by atoms with Gasteiger partial charge < -0.3 is 14.2 Å². The summed E-state index contributed by atoms with van der Waals surface area (Å²) in [7, 11) is 3.14. The Hall–Kier alpha value is -3.86. The lowest BCUT2D eigenvalue weighted by atomic mass is 10.1. The molecule has 30 heavy (non-hydrogen) atoms. The Morgan fingerprint density at radius 1 is 0.833 bits per heavy atom. The lowest BCUT2D eigenvalue weighted by molar-refractivity contribution is 0.0734. The van der Waals surface area contributed by atoms with Crippen LogP contribution in [0.5, 0.6) is 17.2 Å². The van der Waals surface area contributed by atoms with Gasteiger partial charge in [-0.1, -0.05) is 18.2 Å². The van der Waals surface area contributed by atoms with E-state index in [4.69, 9.17) is 14.2 Å². The van der Waals surface area contributed by atoms with Gasteiger partial charge in [0.2, 0.25) is 0 Å². The summed E-state index contributed by atoms with van der Waals surface area (Å²) in [5.41, 5.74) is 2.55. The molecule has 0 heterocycles. The molecule has 3 aromatic rings. The Kier molecular flexibility index (Phi) is 6.65. The molecule has 0 aliphatic heterocycles. The molecule has 0 spiro atoms. The van der Waals surface area contributed by atoms with E-state index in [9.17, 15) is 9.59 Å². The smallest absolute Gasteiger partial charge is 0.343 e. The van der Waals surface area contributed by atoms with Crippen LogP contribution in [0.4, 0.5) is 0 Å². The Morgan fingerprint density at radius 2 is 1.53 bits per heavy atom. The van der Waals surface area contributed by atoms with E-state index in [1.807, 2.05) is 19.1 Å². The van der Waals surface area contributed by atoms with Crippen LogP contribution in [0, 0.1) is 6.92 Å². The van der Waals surface area contributed by atoms with Crippen LogP contribution in [0.3, 0.4) is 0 Å². The normalized spacial score (nSPS) is 10.6. The third-order valence-electron chi connectivity index (χ3n) is 4.57. The zero-order valence-corrected chi connectivity index (χ0v) is 17.0. The molecule has 152 valence electrons. The lowest BCUT2D eigenvalue weighted by Gasteiger charge is -2.07. The number of aryl methyl sites for hydroxylation is 1. The van der Waals surface area contributed by atoms with E-state index in [1.165, 1.54) is 6.08 Å².